The van der Waals surface area contributed by atoms with Crippen LogP contribution in [0.15, 0.2) is 17.0 Å². The van der Waals surface area contributed by atoms with Gasteiger partial charge in [-0.05, 0) is 12.7 Å². The molecule has 0 bridgehead atoms. The summed E-state index contributed by atoms with van der Waals surface area (Å²) in [4.78, 5) is 0.0397. The number of halogens is 2. The molecule has 0 N–H and O–H groups in total. The molecule has 0 aliphatic carbocycles. The topological polar surface area (TPSA) is 9.23 Å². The predicted molar refractivity (Wildman–Crippen MR) is 58.5 cm³/mol. The molecule has 0 spiro atoms. The van der Waals surface area contributed by atoms with E-state index in [-0.39, 0.29) is 10.6 Å². The average molecular weight is 232 g/mol. The van der Waals surface area contributed by atoms with Crippen molar-refractivity contribution >= 4 is 11.8 Å². The van der Waals surface area contributed by atoms with Gasteiger partial charge in [0.15, 0.2) is 0 Å². The van der Waals surface area contributed by atoms with Gasteiger partial charge in [0, 0.05) is 12.1 Å². The van der Waals surface area contributed by atoms with E-state index in [0.29, 0.717) is 6.61 Å². The lowest BCUT2D eigenvalue weighted by Gasteiger charge is -2.07. The van der Waals surface area contributed by atoms with E-state index >= 15 is 0 Å². The van der Waals surface area contributed by atoms with E-state index in [0.717, 1.165) is 24.6 Å². The molecule has 1 rings (SSSR count). The number of hydrogen-bond acceptors (Lipinski definition) is 2. The first-order chi connectivity index (χ1) is 7.19. The third kappa shape index (κ3) is 3.38. The van der Waals surface area contributed by atoms with Crippen molar-refractivity contribution in [3.63, 3.8) is 0 Å². The van der Waals surface area contributed by atoms with Gasteiger partial charge in [-0.3, -0.25) is 0 Å². The Morgan fingerprint density at radius 1 is 1.27 bits per heavy atom. The first-order valence-electron chi connectivity index (χ1n) is 4.84. The zero-order valence-corrected chi connectivity index (χ0v) is 9.66. The lowest BCUT2D eigenvalue weighted by Crippen LogP contribution is -1.98. The molecule has 0 aliphatic heterocycles. The zero-order chi connectivity index (χ0) is 11.3. The van der Waals surface area contributed by atoms with Gasteiger partial charge in [0.05, 0.1) is 11.5 Å². The Balaban J connectivity index is 2.75. The highest BCUT2D eigenvalue weighted by molar-refractivity contribution is 7.98. The molecule has 1 aromatic rings. The van der Waals surface area contributed by atoms with Crippen LogP contribution in [0.5, 0.6) is 5.75 Å². The molecule has 1 aromatic carbocycles. The van der Waals surface area contributed by atoms with E-state index in [4.69, 9.17) is 4.74 Å². The highest BCUT2D eigenvalue weighted by Gasteiger charge is 2.10. The summed E-state index contributed by atoms with van der Waals surface area (Å²) in [7, 11) is 0. The summed E-state index contributed by atoms with van der Waals surface area (Å²) in [5.74, 6) is -0.862. The SMILES string of the molecule is CCCCOc1cc(F)c(SC)c(F)c1. The highest BCUT2D eigenvalue weighted by Crippen LogP contribution is 2.27. The van der Waals surface area contributed by atoms with E-state index in [2.05, 4.69) is 0 Å². The fraction of sp³-hybridized carbons (Fsp3) is 0.455. The lowest BCUT2D eigenvalue weighted by molar-refractivity contribution is 0.305. The molecule has 0 atom stereocenters. The average Bonchev–Trinajstić information content (AvgIpc) is 2.18. The molecule has 0 radical (unpaired) electrons. The largest absolute Gasteiger partial charge is 0.493 e. The fourth-order valence-electron chi connectivity index (χ4n) is 1.15. The highest BCUT2D eigenvalue weighted by atomic mass is 32.2. The van der Waals surface area contributed by atoms with Gasteiger partial charge >= 0.3 is 0 Å². The number of rotatable bonds is 5. The Bertz CT molecular complexity index is 305. The quantitative estimate of drug-likeness (QED) is 0.563. The maximum atomic E-state index is 13.3. The van der Waals surface area contributed by atoms with Gasteiger partial charge in [-0.15, -0.1) is 11.8 Å². The molecule has 0 aromatic heterocycles. The second kappa shape index (κ2) is 5.95. The zero-order valence-electron chi connectivity index (χ0n) is 8.85. The van der Waals surface area contributed by atoms with Crippen LogP contribution in [0.1, 0.15) is 19.8 Å². The van der Waals surface area contributed by atoms with Crippen molar-refractivity contribution in [2.45, 2.75) is 24.7 Å². The van der Waals surface area contributed by atoms with Crippen molar-refractivity contribution in [3.8, 4) is 5.75 Å². The maximum absolute atomic E-state index is 13.3. The second-order valence-corrected chi connectivity index (χ2v) is 3.94. The van der Waals surface area contributed by atoms with E-state index in [1.165, 1.54) is 12.1 Å². The third-order valence-corrected chi connectivity index (χ3v) is 2.74. The smallest absolute Gasteiger partial charge is 0.143 e. The lowest BCUT2D eigenvalue weighted by atomic mass is 10.3. The van der Waals surface area contributed by atoms with Crippen LogP contribution in [0.2, 0.25) is 0 Å². The number of benzene rings is 1. The fourth-order valence-corrected chi connectivity index (χ4v) is 1.66. The molecule has 0 fully saturated rings. The first kappa shape index (κ1) is 12.3. The molecule has 0 heterocycles. The van der Waals surface area contributed by atoms with Gasteiger partial charge in [0.1, 0.15) is 17.4 Å². The summed E-state index contributed by atoms with van der Waals surface area (Å²) in [6.45, 7) is 2.52. The van der Waals surface area contributed by atoms with Crippen LogP contribution in [0.4, 0.5) is 8.78 Å². The van der Waals surface area contributed by atoms with Crippen molar-refractivity contribution in [3.05, 3.63) is 23.8 Å². The third-order valence-electron chi connectivity index (χ3n) is 1.94. The van der Waals surface area contributed by atoms with Gasteiger partial charge < -0.3 is 4.74 Å². The molecule has 1 nitrogen and oxygen atoms in total. The Labute approximate surface area is 92.8 Å². The van der Waals surface area contributed by atoms with Crippen LogP contribution in [0, 0.1) is 11.6 Å². The molecular formula is C11H14F2OS. The molecule has 15 heavy (non-hydrogen) atoms. The molecule has 0 amide bonds. The summed E-state index contributed by atoms with van der Waals surface area (Å²) in [5, 5.41) is 0. The van der Waals surface area contributed by atoms with Gasteiger partial charge in [-0.2, -0.15) is 0 Å². The van der Waals surface area contributed by atoms with Gasteiger partial charge in [-0.25, -0.2) is 8.78 Å². The molecular weight excluding hydrogens is 218 g/mol. The predicted octanol–water partition coefficient (Wildman–Crippen LogP) is 3.87. The van der Waals surface area contributed by atoms with E-state index in [9.17, 15) is 8.78 Å². The number of ether oxygens (including phenoxy) is 1. The summed E-state index contributed by atoms with van der Waals surface area (Å²) >= 11 is 1.05. The molecule has 0 saturated carbocycles. The van der Waals surface area contributed by atoms with E-state index < -0.39 is 11.6 Å². The Morgan fingerprint density at radius 2 is 1.87 bits per heavy atom. The summed E-state index contributed by atoms with van der Waals surface area (Å²) in [5.41, 5.74) is 0. The number of unbranched alkanes of at least 4 members (excludes halogenated alkanes) is 1. The monoisotopic (exact) mass is 232 g/mol. The molecule has 0 aliphatic rings. The van der Waals surface area contributed by atoms with E-state index in [1.54, 1.807) is 6.26 Å². The van der Waals surface area contributed by atoms with Crippen LogP contribution in [-0.2, 0) is 0 Å². The second-order valence-electron chi connectivity index (χ2n) is 3.12. The van der Waals surface area contributed by atoms with Crippen LogP contribution in [0.3, 0.4) is 0 Å². The van der Waals surface area contributed by atoms with Crippen LogP contribution < -0.4 is 4.74 Å². The standard InChI is InChI=1S/C11H14F2OS/c1-3-4-5-14-8-6-9(12)11(15-2)10(13)7-8/h6-7H,3-5H2,1-2H3. The minimum absolute atomic E-state index is 0.0397. The van der Waals surface area contributed by atoms with Gasteiger partial charge in [0.2, 0.25) is 0 Å². The van der Waals surface area contributed by atoms with Crippen molar-refractivity contribution in [2.24, 2.45) is 0 Å². The molecule has 4 heteroatoms. The Morgan fingerprint density at radius 3 is 2.33 bits per heavy atom. The van der Waals surface area contributed by atoms with Crippen LogP contribution >= 0.6 is 11.8 Å². The first-order valence-corrected chi connectivity index (χ1v) is 6.07. The van der Waals surface area contributed by atoms with Crippen LogP contribution in [0.25, 0.3) is 0 Å². The van der Waals surface area contributed by atoms with Crippen molar-refractivity contribution in [1.82, 2.24) is 0 Å². The normalized spacial score (nSPS) is 10.4. The Hall–Kier alpha value is -0.770. The van der Waals surface area contributed by atoms with Crippen LogP contribution in [-0.4, -0.2) is 12.9 Å². The van der Waals surface area contributed by atoms with Gasteiger partial charge in [0.25, 0.3) is 0 Å². The van der Waals surface area contributed by atoms with Crippen molar-refractivity contribution in [2.75, 3.05) is 12.9 Å². The summed E-state index contributed by atoms with van der Waals surface area (Å²) in [6.07, 6.45) is 3.51. The maximum Gasteiger partial charge on any atom is 0.143 e. The van der Waals surface area contributed by atoms with Gasteiger partial charge in [-0.1, -0.05) is 13.3 Å². The van der Waals surface area contributed by atoms with Crippen molar-refractivity contribution < 1.29 is 13.5 Å². The van der Waals surface area contributed by atoms with E-state index in [1.807, 2.05) is 6.92 Å². The number of hydrogen-bond donors (Lipinski definition) is 0. The summed E-state index contributed by atoms with van der Waals surface area (Å²) in [6, 6.07) is 2.45. The minimum Gasteiger partial charge on any atom is -0.493 e. The minimum atomic E-state index is -0.561. The molecule has 84 valence electrons. The van der Waals surface area contributed by atoms with Crippen molar-refractivity contribution in [1.29, 1.82) is 0 Å². The molecule has 0 unspecified atom stereocenters. The summed E-state index contributed by atoms with van der Waals surface area (Å²) < 4.78 is 31.8. The Kier molecular flexibility index (Phi) is 4.88. The number of thioether (sulfide) groups is 1. The molecule has 0 saturated heterocycles.